The largest absolute Gasteiger partial charge is 0.480 e. The molecule has 0 aliphatic carbocycles. The summed E-state index contributed by atoms with van der Waals surface area (Å²) in [5.74, 6) is 1.21. The molecule has 0 aliphatic heterocycles. The van der Waals surface area contributed by atoms with E-state index in [0.717, 1.165) is 9.70 Å². The Morgan fingerprint density at radius 2 is 2.33 bits per heavy atom. The van der Waals surface area contributed by atoms with Crippen LogP contribution in [0.15, 0.2) is 22.8 Å². The molecule has 0 aromatic carbocycles. The summed E-state index contributed by atoms with van der Waals surface area (Å²) in [4.78, 5) is 24.7. The van der Waals surface area contributed by atoms with Gasteiger partial charge in [0.2, 0.25) is 11.7 Å². The maximum Gasteiger partial charge on any atom is 0.323 e. The van der Waals surface area contributed by atoms with Gasteiger partial charge in [0.1, 0.15) is 13.1 Å². The Morgan fingerprint density at radius 1 is 1.52 bits per heavy atom. The monoisotopic (exact) mass is 289 g/mol. The van der Waals surface area contributed by atoms with Crippen molar-refractivity contribution in [1.82, 2.24) is 25.1 Å². The molecule has 21 heavy (non-hydrogen) atoms. The van der Waals surface area contributed by atoms with Crippen LogP contribution in [0.3, 0.4) is 0 Å². The van der Waals surface area contributed by atoms with E-state index in [9.17, 15) is 9.59 Å². The summed E-state index contributed by atoms with van der Waals surface area (Å²) in [6, 6.07) is 3.32. The molecule has 108 valence electrons. The normalized spacial score (nSPS) is 10.0. The summed E-state index contributed by atoms with van der Waals surface area (Å²) in [5, 5.41) is 20.1. The number of furan rings is 1. The second-order valence-corrected chi connectivity index (χ2v) is 3.97. The molecular weight excluding hydrogens is 278 g/mol. The van der Waals surface area contributed by atoms with Crippen molar-refractivity contribution < 1.29 is 19.1 Å². The lowest BCUT2D eigenvalue weighted by Crippen LogP contribution is -2.38. The van der Waals surface area contributed by atoms with Gasteiger partial charge < -0.3 is 14.4 Å². The van der Waals surface area contributed by atoms with Crippen molar-refractivity contribution in [3.05, 3.63) is 18.4 Å². The number of tetrazole rings is 1. The van der Waals surface area contributed by atoms with Gasteiger partial charge in [0, 0.05) is 0 Å². The molecule has 1 N–H and O–H groups in total. The van der Waals surface area contributed by atoms with Crippen molar-refractivity contribution in [3.8, 4) is 23.9 Å². The SMILES string of the molecule is C#CCN(CC(=O)O)C(=O)Cn1nnc(-c2ccco2)n1. The maximum absolute atomic E-state index is 11.9. The molecule has 2 aromatic heterocycles. The highest BCUT2D eigenvalue weighted by Crippen LogP contribution is 2.12. The topological polar surface area (TPSA) is 114 Å². The summed E-state index contributed by atoms with van der Waals surface area (Å²) in [5.41, 5.74) is 0. The van der Waals surface area contributed by atoms with E-state index in [1.165, 1.54) is 6.26 Å². The van der Waals surface area contributed by atoms with Crippen LogP contribution in [0.2, 0.25) is 0 Å². The number of terminal acetylenes is 1. The van der Waals surface area contributed by atoms with Gasteiger partial charge in [0.05, 0.1) is 12.8 Å². The van der Waals surface area contributed by atoms with E-state index in [0.29, 0.717) is 5.76 Å². The van der Waals surface area contributed by atoms with E-state index < -0.39 is 18.4 Å². The van der Waals surface area contributed by atoms with Crippen molar-refractivity contribution in [1.29, 1.82) is 0 Å². The van der Waals surface area contributed by atoms with Crippen LogP contribution in [0.25, 0.3) is 11.6 Å². The lowest BCUT2D eigenvalue weighted by molar-refractivity contribution is -0.144. The molecule has 9 heteroatoms. The smallest absolute Gasteiger partial charge is 0.323 e. The third-order valence-corrected chi connectivity index (χ3v) is 2.43. The van der Waals surface area contributed by atoms with Crippen molar-refractivity contribution in [2.45, 2.75) is 6.54 Å². The van der Waals surface area contributed by atoms with Crippen LogP contribution in [0.5, 0.6) is 0 Å². The molecule has 2 aromatic rings. The average Bonchev–Trinajstić information content (AvgIpc) is 3.07. The fraction of sp³-hybridized carbons (Fsp3) is 0.250. The van der Waals surface area contributed by atoms with E-state index in [1.807, 2.05) is 0 Å². The number of rotatable bonds is 6. The number of hydrogen-bond donors (Lipinski definition) is 1. The molecule has 0 spiro atoms. The van der Waals surface area contributed by atoms with E-state index in [-0.39, 0.29) is 18.9 Å². The minimum atomic E-state index is -1.15. The van der Waals surface area contributed by atoms with E-state index >= 15 is 0 Å². The van der Waals surface area contributed by atoms with Crippen LogP contribution < -0.4 is 0 Å². The zero-order valence-corrected chi connectivity index (χ0v) is 10.8. The summed E-state index contributed by atoms with van der Waals surface area (Å²) in [6.07, 6.45) is 6.57. The van der Waals surface area contributed by atoms with Crippen molar-refractivity contribution in [2.75, 3.05) is 13.1 Å². The Morgan fingerprint density at radius 3 is 2.95 bits per heavy atom. The van der Waals surface area contributed by atoms with Crippen molar-refractivity contribution in [3.63, 3.8) is 0 Å². The second-order valence-electron chi connectivity index (χ2n) is 3.97. The average molecular weight is 289 g/mol. The van der Waals surface area contributed by atoms with Crippen LogP contribution in [-0.4, -0.2) is 55.2 Å². The number of carboxylic acid groups (broad SMARTS) is 1. The molecule has 0 radical (unpaired) electrons. The molecule has 0 saturated carbocycles. The Bertz CT molecular complexity index is 670. The highest BCUT2D eigenvalue weighted by atomic mass is 16.4. The van der Waals surface area contributed by atoms with Gasteiger partial charge in [-0.2, -0.15) is 4.80 Å². The number of carboxylic acids is 1. The number of nitrogens with zero attached hydrogens (tertiary/aromatic N) is 5. The molecule has 9 nitrogen and oxygen atoms in total. The quantitative estimate of drug-likeness (QED) is 0.711. The molecule has 0 unspecified atom stereocenters. The minimum absolute atomic E-state index is 0.106. The van der Waals surface area contributed by atoms with Crippen LogP contribution in [0.4, 0.5) is 0 Å². The molecule has 2 rings (SSSR count). The Labute approximate surface area is 119 Å². The Balaban J connectivity index is 2.05. The molecular formula is C12H11N5O4. The lowest BCUT2D eigenvalue weighted by atomic mass is 10.4. The number of hydrogen-bond acceptors (Lipinski definition) is 6. The third-order valence-electron chi connectivity index (χ3n) is 2.43. The number of aromatic nitrogens is 4. The molecule has 0 saturated heterocycles. The van der Waals surface area contributed by atoms with Gasteiger partial charge in [0.25, 0.3) is 0 Å². The van der Waals surface area contributed by atoms with Gasteiger partial charge in [-0.3, -0.25) is 9.59 Å². The van der Waals surface area contributed by atoms with Gasteiger partial charge in [0.15, 0.2) is 5.76 Å². The van der Waals surface area contributed by atoms with Gasteiger partial charge in [-0.05, 0) is 17.3 Å². The Hall–Kier alpha value is -3.15. The summed E-state index contributed by atoms with van der Waals surface area (Å²) >= 11 is 0. The first-order chi connectivity index (χ1) is 10.1. The molecule has 1 amide bonds. The number of amides is 1. The standard InChI is InChI=1S/C12H11N5O4/c1-2-5-16(8-11(19)20)10(18)7-17-14-12(13-15-17)9-4-3-6-21-9/h1,3-4,6H,5,7-8H2,(H,19,20). The van der Waals surface area contributed by atoms with Gasteiger partial charge >= 0.3 is 5.97 Å². The highest BCUT2D eigenvalue weighted by Gasteiger charge is 2.18. The van der Waals surface area contributed by atoms with Crippen molar-refractivity contribution >= 4 is 11.9 Å². The third kappa shape index (κ3) is 3.66. The van der Waals surface area contributed by atoms with Gasteiger partial charge in [-0.15, -0.1) is 16.6 Å². The van der Waals surface area contributed by atoms with Gasteiger partial charge in [-0.1, -0.05) is 5.92 Å². The maximum atomic E-state index is 11.9. The predicted molar refractivity (Wildman–Crippen MR) is 68.6 cm³/mol. The zero-order valence-electron chi connectivity index (χ0n) is 10.8. The fourth-order valence-electron chi connectivity index (χ4n) is 1.54. The first-order valence-corrected chi connectivity index (χ1v) is 5.85. The number of carbonyl (C=O) groups is 2. The van der Waals surface area contributed by atoms with E-state index in [4.69, 9.17) is 15.9 Å². The minimum Gasteiger partial charge on any atom is -0.480 e. The number of aliphatic carboxylic acids is 1. The lowest BCUT2D eigenvalue weighted by Gasteiger charge is -2.16. The molecule has 0 fully saturated rings. The van der Waals surface area contributed by atoms with Crippen LogP contribution in [-0.2, 0) is 16.1 Å². The van der Waals surface area contributed by atoms with Crippen LogP contribution >= 0.6 is 0 Å². The van der Waals surface area contributed by atoms with E-state index in [1.54, 1.807) is 12.1 Å². The predicted octanol–water partition coefficient (Wildman–Crippen LogP) is -0.520. The van der Waals surface area contributed by atoms with Crippen molar-refractivity contribution in [2.24, 2.45) is 0 Å². The zero-order chi connectivity index (χ0) is 15.2. The first-order valence-electron chi connectivity index (χ1n) is 5.85. The highest BCUT2D eigenvalue weighted by molar-refractivity contribution is 5.81. The summed E-state index contributed by atoms with van der Waals surface area (Å²) in [7, 11) is 0. The molecule has 0 bridgehead atoms. The van der Waals surface area contributed by atoms with Crippen LogP contribution in [0.1, 0.15) is 0 Å². The number of carbonyl (C=O) groups excluding carboxylic acids is 1. The second kappa shape index (κ2) is 6.33. The van der Waals surface area contributed by atoms with E-state index in [2.05, 4.69) is 21.3 Å². The Kier molecular flexibility index (Phi) is 4.30. The summed E-state index contributed by atoms with van der Waals surface area (Å²) < 4.78 is 5.10. The summed E-state index contributed by atoms with van der Waals surface area (Å²) in [6.45, 7) is -0.851. The molecule has 0 atom stereocenters. The fourth-order valence-corrected chi connectivity index (χ4v) is 1.54. The molecule has 2 heterocycles. The first kappa shape index (κ1) is 14.3. The van der Waals surface area contributed by atoms with Crippen LogP contribution in [0, 0.1) is 12.3 Å². The van der Waals surface area contributed by atoms with Gasteiger partial charge in [-0.25, -0.2) is 0 Å². The molecule has 0 aliphatic rings.